The molecule has 4 atom stereocenters. The molecular formula is C36H38F10O8. The van der Waals surface area contributed by atoms with Crippen molar-refractivity contribution in [2.24, 2.45) is 23.7 Å². The fraction of sp³-hybridized carbons (Fsp3) is 0.556. The Balaban J connectivity index is 0.000000290. The molecule has 0 unspecified atom stereocenters. The number of ketones is 2. The molecule has 2 aliphatic rings. The molecular weight excluding hydrogens is 750 g/mol. The van der Waals surface area contributed by atoms with Crippen LogP contribution in [0.2, 0.25) is 0 Å². The maximum absolute atomic E-state index is 13.8. The van der Waals surface area contributed by atoms with E-state index in [1.165, 1.54) is 0 Å². The molecule has 2 aromatic carbocycles. The lowest BCUT2D eigenvalue weighted by Crippen LogP contribution is -2.37. The minimum absolute atomic E-state index is 0.0159. The number of carbonyl (C=O) groups is 4. The van der Waals surface area contributed by atoms with Crippen LogP contribution in [-0.2, 0) is 28.7 Å². The van der Waals surface area contributed by atoms with Crippen LogP contribution < -0.4 is 9.47 Å². The molecule has 0 radical (unpaired) electrons. The van der Waals surface area contributed by atoms with Crippen molar-refractivity contribution in [1.82, 2.24) is 0 Å². The summed E-state index contributed by atoms with van der Waals surface area (Å²) in [7, 11) is 0. The fourth-order valence-electron chi connectivity index (χ4n) is 5.96. The molecule has 4 rings (SSSR count). The fourth-order valence-corrected chi connectivity index (χ4v) is 5.96. The summed E-state index contributed by atoms with van der Waals surface area (Å²) in [5, 5.41) is 0. The van der Waals surface area contributed by atoms with E-state index in [-0.39, 0.29) is 37.5 Å². The highest BCUT2D eigenvalue weighted by Gasteiger charge is 2.48. The number of benzene rings is 2. The van der Waals surface area contributed by atoms with Gasteiger partial charge < -0.3 is 18.9 Å². The highest BCUT2D eigenvalue weighted by Crippen LogP contribution is 2.37. The van der Waals surface area contributed by atoms with Crippen LogP contribution >= 0.6 is 0 Å². The van der Waals surface area contributed by atoms with Crippen LogP contribution in [0.15, 0.2) is 0 Å². The Bertz CT molecular complexity index is 1620. The Morgan fingerprint density at radius 3 is 0.981 bits per heavy atom. The smallest absolute Gasteiger partial charge is 0.317 e. The first-order valence-electron chi connectivity index (χ1n) is 16.6. The topological polar surface area (TPSA) is 105 Å². The molecule has 0 spiro atoms. The van der Waals surface area contributed by atoms with Gasteiger partial charge in [0.05, 0.1) is 23.0 Å². The van der Waals surface area contributed by atoms with Gasteiger partial charge in [-0.05, 0) is 52.4 Å². The molecule has 0 amide bonds. The molecule has 18 heteroatoms. The third-order valence-electron chi connectivity index (χ3n) is 8.26. The zero-order chi connectivity index (χ0) is 41.4. The number of carbonyl (C=O) groups excluding carboxylic acids is 4. The number of rotatable bonds is 10. The van der Waals surface area contributed by atoms with Gasteiger partial charge in [-0.2, -0.15) is 17.6 Å². The van der Waals surface area contributed by atoms with Crippen molar-refractivity contribution in [2.45, 2.75) is 104 Å². The number of ether oxygens (including phenoxy) is 4. The summed E-state index contributed by atoms with van der Waals surface area (Å²) in [6, 6.07) is 0. The average molecular weight is 789 g/mol. The van der Waals surface area contributed by atoms with Crippen LogP contribution in [0.1, 0.15) is 81.1 Å². The Kier molecular flexibility index (Phi) is 13.8. The van der Waals surface area contributed by atoms with E-state index in [2.05, 4.69) is 9.47 Å². The average Bonchev–Trinajstić information content (AvgIpc) is 3.52. The number of Topliss-reactive ketones (excluding diaryl/α,β-unsaturated/α-hetero) is 2. The Hall–Kier alpha value is -4.06. The van der Waals surface area contributed by atoms with Gasteiger partial charge in [-0.1, -0.05) is 27.7 Å². The lowest BCUT2D eigenvalue weighted by molar-refractivity contribution is -0.151. The zero-order valence-corrected chi connectivity index (χ0v) is 30.3. The first-order chi connectivity index (χ1) is 24.7. The summed E-state index contributed by atoms with van der Waals surface area (Å²) in [4.78, 5) is 49.4. The van der Waals surface area contributed by atoms with Gasteiger partial charge in [0.25, 0.3) is 0 Å². The predicted octanol–water partition coefficient (Wildman–Crippen LogP) is 8.17. The number of halogens is 10. The first kappa shape index (κ1) is 44.3. The lowest BCUT2D eigenvalue weighted by atomic mass is 9.89. The van der Waals surface area contributed by atoms with Crippen molar-refractivity contribution < 1.29 is 82.0 Å². The highest BCUT2D eigenvalue weighted by molar-refractivity contribution is 5.92. The van der Waals surface area contributed by atoms with E-state index < -0.39 is 128 Å². The van der Waals surface area contributed by atoms with Crippen LogP contribution in [0.5, 0.6) is 11.5 Å². The zero-order valence-electron chi connectivity index (χ0n) is 30.3. The Morgan fingerprint density at radius 2 is 0.778 bits per heavy atom. The normalized spacial score (nSPS) is 20.2. The van der Waals surface area contributed by atoms with Gasteiger partial charge in [0.2, 0.25) is 69.7 Å². The van der Waals surface area contributed by atoms with Gasteiger partial charge in [-0.25, -0.2) is 26.3 Å². The lowest BCUT2D eigenvalue weighted by Gasteiger charge is -2.25. The number of esters is 2. The van der Waals surface area contributed by atoms with Crippen molar-refractivity contribution in [3.8, 4) is 11.5 Å². The SMILES string of the molecule is CC(C)C[C@@H](C(=O)Oc1c(F)c(F)c(F)c(F)c1F)[C@@H]1OC(C)(C)CC1=O.CC(C)C[C@H](C(=O)Oc1c(F)c(F)c(F)c(F)c1F)[C@@H]1OC(C)(C)CC1=O. The summed E-state index contributed by atoms with van der Waals surface area (Å²) < 4.78 is 155. The summed E-state index contributed by atoms with van der Waals surface area (Å²) >= 11 is 0. The molecule has 2 aliphatic heterocycles. The van der Waals surface area contributed by atoms with Crippen LogP contribution in [0.3, 0.4) is 0 Å². The van der Waals surface area contributed by atoms with E-state index in [1.54, 1.807) is 55.4 Å². The summed E-state index contributed by atoms with van der Waals surface area (Å²) in [5.41, 5.74) is -1.69. The van der Waals surface area contributed by atoms with E-state index in [1.807, 2.05) is 0 Å². The Labute approximate surface area is 303 Å². The molecule has 0 aromatic heterocycles. The molecule has 0 saturated carbocycles. The largest absolute Gasteiger partial charge is 0.420 e. The maximum atomic E-state index is 13.8. The van der Waals surface area contributed by atoms with Gasteiger partial charge >= 0.3 is 11.9 Å². The van der Waals surface area contributed by atoms with Gasteiger partial charge in [0.1, 0.15) is 12.2 Å². The predicted molar refractivity (Wildman–Crippen MR) is 167 cm³/mol. The molecule has 2 heterocycles. The van der Waals surface area contributed by atoms with Gasteiger partial charge in [-0.3, -0.25) is 19.2 Å². The van der Waals surface area contributed by atoms with Gasteiger partial charge in [-0.15, -0.1) is 0 Å². The molecule has 2 aromatic rings. The van der Waals surface area contributed by atoms with E-state index in [0.29, 0.717) is 0 Å². The van der Waals surface area contributed by atoms with Gasteiger partial charge in [0, 0.05) is 12.8 Å². The van der Waals surface area contributed by atoms with Crippen molar-refractivity contribution in [1.29, 1.82) is 0 Å². The van der Waals surface area contributed by atoms with Crippen molar-refractivity contribution in [3.05, 3.63) is 58.2 Å². The molecule has 300 valence electrons. The molecule has 2 fully saturated rings. The van der Waals surface area contributed by atoms with Crippen LogP contribution in [-0.4, -0.2) is 46.9 Å². The molecule has 8 nitrogen and oxygen atoms in total. The highest BCUT2D eigenvalue weighted by atomic mass is 19.2. The van der Waals surface area contributed by atoms with Crippen molar-refractivity contribution in [3.63, 3.8) is 0 Å². The standard InChI is InChI=1S/2C18H19F5O4/c2*1-7(2)5-8(15-9(24)6-18(3,4)27-15)17(25)26-16-13(22)11(20)10(19)12(21)14(16)23/h2*7-8,15H,5-6H2,1-4H3/t8-,15+;8-,15-/m10/s1. The molecule has 54 heavy (non-hydrogen) atoms. The van der Waals surface area contributed by atoms with Gasteiger partial charge in [0.15, 0.2) is 11.6 Å². The Morgan fingerprint density at radius 1 is 0.537 bits per heavy atom. The van der Waals surface area contributed by atoms with Crippen LogP contribution in [0, 0.1) is 81.8 Å². The second-order valence-electron chi connectivity index (χ2n) is 15.0. The molecule has 0 aliphatic carbocycles. The van der Waals surface area contributed by atoms with E-state index in [9.17, 15) is 63.1 Å². The quantitative estimate of drug-likeness (QED) is 0.0781. The third-order valence-corrected chi connectivity index (χ3v) is 8.26. The van der Waals surface area contributed by atoms with Crippen LogP contribution in [0.25, 0.3) is 0 Å². The van der Waals surface area contributed by atoms with E-state index in [0.717, 1.165) is 0 Å². The summed E-state index contributed by atoms with van der Waals surface area (Å²) in [6.45, 7) is 13.4. The minimum Gasteiger partial charge on any atom is -0.420 e. The molecule has 0 N–H and O–H groups in total. The summed E-state index contributed by atoms with van der Waals surface area (Å²) in [6.07, 6.45) is -2.31. The second-order valence-corrected chi connectivity index (χ2v) is 15.0. The van der Waals surface area contributed by atoms with Crippen LogP contribution in [0.4, 0.5) is 43.9 Å². The van der Waals surface area contributed by atoms with Crippen molar-refractivity contribution in [2.75, 3.05) is 0 Å². The van der Waals surface area contributed by atoms with Crippen molar-refractivity contribution >= 4 is 23.5 Å². The van der Waals surface area contributed by atoms with E-state index >= 15 is 0 Å². The first-order valence-corrected chi connectivity index (χ1v) is 16.6. The molecule has 2 saturated heterocycles. The number of hydrogen-bond donors (Lipinski definition) is 0. The summed E-state index contributed by atoms with van der Waals surface area (Å²) in [5.74, 6) is -32.3. The minimum atomic E-state index is -2.36. The maximum Gasteiger partial charge on any atom is 0.317 e. The molecule has 0 bridgehead atoms. The second kappa shape index (κ2) is 16.8. The van der Waals surface area contributed by atoms with E-state index in [4.69, 9.17) is 9.47 Å². The third kappa shape index (κ3) is 9.78. The monoisotopic (exact) mass is 788 g/mol. The number of hydrogen-bond acceptors (Lipinski definition) is 8.